The number of halogens is 1. The van der Waals surface area contributed by atoms with Gasteiger partial charge in [0.25, 0.3) is 0 Å². The van der Waals surface area contributed by atoms with E-state index in [1.807, 2.05) is 6.07 Å². The molecule has 0 aliphatic carbocycles. The zero-order chi connectivity index (χ0) is 17.8. The summed E-state index contributed by atoms with van der Waals surface area (Å²) >= 11 is 3.30. The number of nitrogens with zero attached hydrogens (tertiary/aromatic N) is 1. The number of carbonyl (C=O) groups excluding carboxylic acids is 3. The normalized spacial score (nSPS) is 13.8. The van der Waals surface area contributed by atoms with E-state index in [0.29, 0.717) is 29.8 Å². The molecule has 0 bridgehead atoms. The Morgan fingerprint density at radius 2 is 1.84 bits per heavy atom. The van der Waals surface area contributed by atoms with Crippen LogP contribution in [0.25, 0.3) is 0 Å². The van der Waals surface area contributed by atoms with Gasteiger partial charge in [-0.2, -0.15) is 0 Å². The minimum atomic E-state index is -0.586. The highest BCUT2D eigenvalue weighted by molar-refractivity contribution is 9.10. The maximum Gasteiger partial charge on any atom is 0.338 e. The van der Waals surface area contributed by atoms with E-state index in [9.17, 15) is 14.4 Å². The monoisotopic (exact) mass is 401 g/mol. The van der Waals surface area contributed by atoms with Crippen LogP contribution in [-0.4, -0.2) is 30.8 Å². The fraction of sp³-hybridized carbons (Fsp3) is 0.211. The molecule has 2 aromatic rings. The molecule has 25 heavy (non-hydrogen) atoms. The molecule has 0 spiro atoms. The van der Waals surface area contributed by atoms with Gasteiger partial charge in [-0.3, -0.25) is 9.59 Å². The van der Waals surface area contributed by atoms with E-state index >= 15 is 0 Å². The summed E-state index contributed by atoms with van der Waals surface area (Å²) in [5.41, 5.74) is 1.47. The highest BCUT2D eigenvalue weighted by atomic mass is 79.9. The number of amides is 1. The number of anilines is 1. The molecule has 1 heterocycles. The lowest BCUT2D eigenvalue weighted by atomic mass is 10.1. The number of rotatable bonds is 5. The van der Waals surface area contributed by atoms with Crippen molar-refractivity contribution in [2.45, 2.75) is 12.8 Å². The first-order chi connectivity index (χ1) is 12.0. The van der Waals surface area contributed by atoms with E-state index in [2.05, 4.69) is 15.9 Å². The average molecular weight is 402 g/mol. The first-order valence-electron chi connectivity index (χ1n) is 7.91. The van der Waals surface area contributed by atoms with Gasteiger partial charge < -0.3 is 9.64 Å². The van der Waals surface area contributed by atoms with Crippen molar-refractivity contribution in [2.24, 2.45) is 0 Å². The SMILES string of the molecule is O=C(COC(=O)c1cccc(N2CCCC2=O)c1)c1cccc(Br)c1. The lowest BCUT2D eigenvalue weighted by molar-refractivity contribution is -0.117. The minimum Gasteiger partial charge on any atom is -0.454 e. The topological polar surface area (TPSA) is 63.7 Å². The van der Waals surface area contributed by atoms with Crippen LogP contribution in [0.1, 0.15) is 33.6 Å². The molecular weight excluding hydrogens is 386 g/mol. The third kappa shape index (κ3) is 4.14. The van der Waals surface area contributed by atoms with E-state index in [4.69, 9.17) is 4.74 Å². The van der Waals surface area contributed by atoms with Gasteiger partial charge in [-0.15, -0.1) is 0 Å². The number of Topliss-reactive ketones (excluding diaryl/α,β-unsaturated/α-hetero) is 1. The van der Waals surface area contributed by atoms with E-state index < -0.39 is 5.97 Å². The zero-order valence-electron chi connectivity index (χ0n) is 13.4. The van der Waals surface area contributed by atoms with Crippen molar-refractivity contribution < 1.29 is 19.1 Å². The fourth-order valence-corrected chi connectivity index (χ4v) is 3.08. The first kappa shape index (κ1) is 17.4. The number of hydrogen-bond acceptors (Lipinski definition) is 4. The summed E-state index contributed by atoms with van der Waals surface area (Å²) in [7, 11) is 0. The number of carbonyl (C=O) groups is 3. The molecule has 6 heteroatoms. The molecule has 128 valence electrons. The van der Waals surface area contributed by atoms with Gasteiger partial charge in [0.1, 0.15) is 0 Å². The highest BCUT2D eigenvalue weighted by Crippen LogP contribution is 2.22. The second kappa shape index (κ2) is 7.61. The van der Waals surface area contributed by atoms with Gasteiger partial charge in [-0.25, -0.2) is 4.79 Å². The second-order valence-corrected chi connectivity index (χ2v) is 6.62. The molecule has 1 aliphatic rings. The fourth-order valence-electron chi connectivity index (χ4n) is 2.68. The Bertz CT molecular complexity index is 834. The van der Waals surface area contributed by atoms with Gasteiger partial charge in [0.2, 0.25) is 5.91 Å². The summed E-state index contributed by atoms with van der Waals surface area (Å²) < 4.78 is 5.91. The van der Waals surface area contributed by atoms with Crippen LogP contribution in [-0.2, 0) is 9.53 Å². The van der Waals surface area contributed by atoms with E-state index in [-0.39, 0.29) is 18.3 Å². The van der Waals surface area contributed by atoms with Crippen molar-refractivity contribution >= 4 is 39.3 Å². The maximum atomic E-state index is 12.2. The van der Waals surface area contributed by atoms with Crippen LogP contribution >= 0.6 is 15.9 Å². The van der Waals surface area contributed by atoms with Crippen molar-refractivity contribution in [2.75, 3.05) is 18.1 Å². The summed E-state index contributed by atoms with van der Waals surface area (Å²) in [6.07, 6.45) is 1.34. The van der Waals surface area contributed by atoms with Crippen molar-refractivity contribution in [1.29, 1.82) is 0 Å². The molecule has 5 nitrogen and oxygen atoms in total. The van der Waals surface area contributed by atoms with Crippen LogP contribution in [0.5, 0.6) is 0 Å². The Hall–Kier alpha value is -2.47. The summed E-state index contributed by atoms with van der Waals surface area (Å²) in [6, 6.07) is 13.6. The lowest BCUT2D eigenvalue weighted by Gasteiger charge is -2.16. The van der Waals surface area contributed by atoms with Crippen molar-refractivity contribution in [3.63, 3.8) is 0 Å². The maximum absolute atomic E-state index is 12.2. The average Bonchev–Trinajstić information content (AvgIpc) is 3.05. The Morgan fingerprint density at radius 3 is 2.56 bits per heavy atom. The summed E-state index contributed by atoms with van der Waals surface area (Å²) in [5.74, 6) is -0.812. The zero-order valence-corrected chi connectivity index (χ0v) is 15.0. The van der Waals surface area contributed by atoms with Crippen LogP contribution in [0, 0.1) is 0 Å². The molecule has 2 aromatic carbocycles. The van der Waals surface area contributed by atoms with Gasteiger partial charge in [0.15, 0.2) is 12.4 Å². The molecule has 1 saturated heterocycles. The molecular formula is C19H16BrNO4. The van der Waals surface area contributed by atoms with Crippen LogP contribution in [0.4, 0.5) is 5.69 Å². The smallest absolute Gasteiger partial charge is 0.338 e. The molecule has 0 radical (unpaired) electrons. The molecule has 1 amide bonds. The van der Waals surface area contributed by atoms with Crippen LogP contribution in [0.2, 0.25) is 0 Å². The van der Waals surface area contributed by atoms with Gasteiger partial charge in [0, 0.05) is 28.7 Å². The third-order valence-corrected chi connectivity index (χ3v) is 4.44. The molecule has 0 N–H and O–H groups in total. The van der Waals surface area contributed by atoms with Gasteiger partial charge in [0.05, 0.1) is 5.56 Å². The van der Waals surface area contributed by atoms with Gasteiger partial charge in [-0.05, 0) is 36.8 Å². The van der Waals surface area contributed by atoms with Crippen molar-refractivity contribution in [3.8, 4) is 0 Å². The van der Waals surface area contributed by atoms with Gasteiger partial charge >= 0.3 is 5.97 Å². The largest absolute Gasteiger partial charge is 0.454 e. The lowest BCUT2D eigenvalue weighted by Crippen LogP contribution is -2.24. The molecule has 0 saturated carbocycles. The van der Waals surface area contributed by atoms with Crippen molar-refractivity contribution in [3.05, 3.63) is 64.1 Å². The quantitative estimate of drug-likeness (QED) is 0.566. The minimum absolute atomic E-state index is 0.0512. The van der Waals surface area contributed by atoms with Crippen LogP contribution < -0.4 is 4.90 Å². The number of hydrogen-bond donors (Lipinski definition) is 0. The van der Waals surface area contributed by atoms with E-state index in [1.165, 1.54) is 0 Å². The number of esters is 1. The second-order valence-electron chi connectivity index (χ2n) is 5.71. The Morgan fingerprint density at radius 1 is 1.08 bits per heavy atom. The summed E-state index contributed by atoms with van der Waals surface area (Å²) in [6.45, 7) is 0.320. The molecule has 0 unspecified atom stereocenters. The predicted molar refractivity (Wildman–Crippen MR) is 96.8 cm³/mol. The van der Waals surface area contributed by atoms with Crippen LogP contribution in [0.3, 0.4) is 0 Å². The number of benzene rings is 2. The van der Waals surface area contributed by atoms with E-state index in [0.717, 1.165) is 10.9 Å². The van der Waals surface area contributed by atoms with Gasteiger partial charge in [-0.1, -0.05) is 34.1 Å². The number of ether oxygens (including phenoxy) is 1. The predicted octanol–water partition coefficient (Wildman–Crippen LogP) is 3.62. The Kier molecular flexibility index (Phi) is 5.28. The third-order valence-electron chi connectivity index (χ3n) is 3.95. The first-order valence-corrected chi connectivity index (χ1v) is 8.70. The molecule has 3 rings (SSSR count). The summed E-state index contributed by atoms with van der Waals surface area (Å²) in [4.78, 5) is 37.8. The Balaban J connectivity index is 1.65. The summed E-state index contributed by atoms with van der Waals surface area (Å²) in [5, 5.41) is 0. The van der Waals surface area contributed by atoms with Crippen molar-refractivity contribution in [1.82, 2.24) is 0 Å². The molecule has 1 fully saturated rings. The number of ketones is 1. The molecule has 1 aliphatic heterocycles. The standard InChI is InChI=1S/C19H16BrNO4/c20-15-6-1-4-13(10-15)17(22)12-25-19(24)14-5-2-7-16(11-14)21-9-3-8-18(21)23/h1-2,4-7,10-11H,3,8-9,12H2. The molecule has 0 aromatic heterocycles. The van der Waals surface area contributed by atoms with E-state index in [1.54, 1.807) is 47.4 Å². The molecule has 0 atom stereocenters. The Labute approximate surface area is 153 Å². The van der Waals surface area contributed by atoms with Crippen LogP contribution in [0.15, 0.2) is 53.0 Å². The highest BCUT2D eigenvalue weighted by Gasteiger charge is 2.22.